The Balaban J connectivity index is 1.67. The Morgan fingerprint density at radius 1 is 1.11 bits per heavy atom. The highest BCUT2D eigenvalue weighted by Crippen LogP contribution is 2.29. The molecule has 0 unspecified atom stereocenters. The molecule has 0 N–H and O–H groups in total. The first kappa shape index (κ1) is 19.0. The highest BCUT2D eigenvalue weighted by Gasteiger charge is 2.31. The van der Waals surface area contributed by atoms with Crippen molar-refractivity contribution in [2.24, 2.45) is 0 Å². The zero-order valence-corrected chi connectivity index (χ0v) is 15.1. The number of rotatable bonds is 3. The third kappa shape index (κ3) is 4.15. The number of ether oxygens (including phenoxy) is 1. The average molecular weight is 379 g/mol. The number of hydrogen-bond acceptors (Lipinski definition) is 4. The van der Waals surface area contributed by atoms with E-state index >= 15 is 0 Å². The fourth-order valence-electron chi connectivity index (χ4n) is 3.04. The normalized spacial score (nSPS) is 15.0. The summed E-state index contributed by atoms with van der Waals surface area (Å²) in [4.78, 5) is 20.3. The van der Waals surface area contributed by atoms with Crippen LogP contribution in [0, 0.1) is 6.92 Å². The summed E-state index contributed by atoms with van der Waals surface area (Å²) >= 11 is 0. The van der Waals surface area contributed by atoms with Gasteiger partial charge >= 0.3 is 6.18 Å². The minimum Gasteiger partial charge on any atom is -0.496 e. The number of amides is 1. The average Bonchev–Trinajstić information content (AvgIpc) is 2.67. The number of carbonyl (C=O) groups is 1. The lowest BCUT2D eigenvalue weighted by Crippen LogP contribution is -2.49. The van der Waals surface area contributed by atoms with Crippen molar-refractivity contribution in [3.8, 4) is 5.75 Å². The molecule has 5 nitrogen and oxygen atoms in total. The van der Waals surface area contributed by atoms with E-state index < -0.39 is 11.7 Å². The van der Waals surface area contributed by atoms with Gasteiger partial charge in [0.2, 0.25) is 0 Å². The zero-order valence-electron chi connectivity index (χ0n) is 15.1. The Kier molecular flexibility index (Phi) is 5.25. The second-order valence-corrected chi connectivity index (χ2v) is 6.39. The van der Waals surface area contributed by atoms with Crippen LogP contribution in [0.25, 0.3) is 0 Å². The maximum Gasteiger partial charge on any atom is 0.417 e. The van der Waals surface area contributed by atoms with Crippen molar-refractivity contribution in [2.75, 3.05) is 38.2 Å². The molecule has 0 bridgehead atoms. The van der Waals surface area contributed by atoms with E-state index in [0.717, 1.165) is 17.8 Å². The number of piperazine rings is 1. The number of nitrogens with zero attached hydrogens (tertiary/aromatic N) is 3. The molecular formula is C19H20F3N3O2. The molecule has 3 rings (SSSR count). The summed E-state index contributed by atoms with van der Waals surface area (Å²) in [7, 11) is 1.52. The molecule has 1 amide bonds. The lowest BCUT2D eigenvalue weighted by atomic mass is 10.1. The predicted octanol–water partition coefficient (Wildman–Crippen LogP) is 3.38. The van der Waals surface area contributed by atoms with Crippen LogP contribution in [0.1, 0.15) is 21.5 Å². The molecule has 0 radical (unpaired) electrons. The van der Waals surface area contributed by atoms with E-state index in [0.29, 0.717) is 43.3 Å². The fourth-order valence-corrected chi connectivity index (χ4v) is 3.04. The number of hydrogen-bond donors (Lipinski definition) is 0. The zero-order chi connectivity index (χ0) is 19.6. The van der Waals surface area contributed by atoms with Crippen molar-refractivity contribution in [3.05, 3.63) is 53.2 Å². The lowest BCUT2D eigenvalue weighted by molar-refractivity contribution is -0.137. The first-order valence-corrected chi connectivity index (χ1v) is 8.51. The van der Waals surface area contributed by atoms with Crippen LogP contribution in [0.15, 0.2) is 36.5 Å². The largest absolute Gasteiger partial charge is 0.496 e. The van der Waals surface area contributed by atoms with E-state index in [4.69, 9.17) is 4.74 Å². The molecule has 0 spiro atoms. The number of alkyl halides is 3. The standard InChI is InChI=1S/C19H20F3N3O2/c1-13-3-5-16(27-2)15(11-13)18(26)25-9-7-24(8-10-25)17-6-4-14(12-23-17)19(20,21)22/h3-6,11-12H,7-10H2,1-2H3. The molecule has 1 saturated heterocycles. The maximum atomic E-state index is 12.8. The Morgan fingerprint density at radius 2 is 1.81 bits per heavy atom. The third-order valence-corrected chi connectivity index (χ3v) is 4.55. The van der Waals surface area contributed by atoms with Crippen LogP contribution in [0.4, 0.5) is 19.0 Å². The van der Waals surface area contributed by atoms with Crippen molar-refractivity contribution in [1.29, 1.82) is 0 Å². The number of pyridine rings is 1. The van der Waals surface area contributed by atoms with Gasteiger partial charge in [0.05, 0.1) is 18.2 Å². The fraction of sp³-hybridized carbons (Fsp3) is 0.368. The van der Waals surface area contributed by atoms with Crippen LogP contribution in [0.2, 0.25) is 0 Å². The Hall–Kier alpha value is -2.77. The molecule has 0 aliphatic carbocycles. The molecule has 1 aromatic heterocycles. The molecule has 2 aromatic rings. The second-order valence-electron chi connectivity index (χ2n) is 6.39. The number of methoxy groups -OCH3 is 1. The van der Waals surface area contributed by atoms with Gasteiger partial charge in [0, 0.05) is 32.4 Å². The van der Waals surface area contributed by atoms with Crippen molar-refractivity contribution in [1.82, 2.24) is 9.88 Å². The summed E-state index contributed by atoms with van der Waals surface area (Å²) in [5, 5.41) is 0. The van der Waals surface area contributed by atoms with Crippen LogP contribution < -0.4 is 9.64 Å². The number of halogens is 3. The van der Waals surface area contributed by atoms with Gasteiger partial charge in [-0.2, -0.15) is 13.2 Å². The quantitative estimate of drug-likeness (QED) is 0.820. The number of benzene rings is 1. The summed E-state index contributed by atoms with van der Waals surface area (Å²) in [6.45, 7) is 3.82. The molecular weight excluding hydrogens is 359 g/mol. The van der Waals surface area contributed by atoms with Gasteiger partial charge < -0.3 is 14.5 Å². The van der Waals surface area contributed by atoms with Crippen molar-refractivity contribution in [2.45, 2.75) is 13.1 Å². The van der Waals surface area contributed by atoms with Crippen molar-refractivity contribution >= 4 is 11.7 Å². The molecule has 144 valence electrons. The van der Waals surface area contributed by atoms with Gasteiger partial charge in [0.1, 0.15) is 11.6 Å². The number of carbonyl (C=O) groups excluding carboxylic acids is 1. The molecule has 27 heavy (non-hydrogen) atoms. The van der Waals surface area contributed by atoms with Gasteiger partial charge in [0.15, 0.2) is 0 Å². The Morgan fingerprint density at radius 3 is 2.37 bits per heavy atom. The second kappa shape index (κ2) is 7.46. The van der Waals surface area contributed by atoms with Gasteiger partial charge in [-0.05, 0) is 31.2 Å². The van der Waals surface area contributed by atoms with Gasteiger partial charge in [-0.3, -0.25) is 4.79 Å². The van der Waals surface area contributed by atoms with Gasteiger partial charge in [-0.1, -0.05) is 11.6 Å². The van der Waals surface area contributed by atoms with Gasteiger partial charge in [-0.15, -0.1) is 0 Å². The molecule has 1 aliphatic heterocycles. The predicted molar refractivity (Wildman–Crippen MR) is 95.1 cm³/mol. The Labute approximate surface area is 155 Å². The molecule has 1 aromatic carbocycles. The van der Waals surface area contributed by atoms with Crippen LogP contribution in [0.5, 0.6) is 5.75 Å². The highest BCUT2D eigenvalue weighted by atomic mass is 19.4. The molecule has 1 fully saturated rings. The van der Waals surface area contributed by atoms with Crippen molar-refractivity contribution in [3.63, 3.8) is 0 Å². The molecule has 0 saturated carbocycles. The summed E-state index contributed by atoms with van der Waals surface area (Å²) in [6.07, 6.45) is -3.56. The Bertz CT molecular complexity index is 814. The lowest BCUT2D eigenvalue weighted by Gasteiger charge is -2.35. The number of aryl methyl sites for hydroxylation is 1. The minimum absolute atomic E-state index is 0.115. The van der Waals surface area contributed by atoms with E-state index in [9.17, 15) is 18.0 Å². The number of anilines is 1. The first-order valence-electron chi connectivity index (χ1n) is 8.51. The van der Waals surface area contributed by atoms with E-state index in [1.165, 1.54) is 13.2 Å². The summed E-state index contributed by atoms with van der Waals surface area (Å²) in [6, 6.07) is 7.83. The van der Waals surface area contributed by atoms with Gasteiger partial charge in [0.25, 0.3) is 5.91 Å². The SMILES string of the molecule is COc1ccc(C)cc1C(=O)N1CCN(c2ccc(C(F)(F)F)cn2)CC1. The first-order chi connectivity index (χ1) is 12.8. The van der Waals surface area contributed by atoms with E-state index in [1.807, 2.05) is 17.9 Å². The smallest absolute Gasteiger partial charge is 0.417 e. The monoisotopic (exact) mass is 379 g/mol. The number of aromatic nitrogens is 1. The maximum absolute atomic E-state index is 12.8. The van der Waals surface area contributed by atoms with Crippen molar-refractivity contribution < 1.29 is 22.7 Å². The summed E-state index contributed by atoms with van der Waals surface area (Å²) in [5.41, 5.74) is 0.706. The van der Waals surface area contributed by atoms with Crippen LogP contribution in [-0.2, 0) is 6.18 Å². The van der Waals surface area contributed by atoms with Crippen LogP contribution in [-0.4, -0.2) is 49.1 Å². The highest BCUT2D eigenvalue weighted by molar-refractivity contribution is 5.97. The molecule has 1 aliphatic rings. The summed E-state index contributed by atoms with van der Waals surface area (Å²) < 4.78 is 43.2. The van der Waals surface area contributed by atoms with E-state index in [1.54, 1.807) is 17.0 Å². The molecule has 8 heteroatoms. The molecule has 0 atom stereocenters. The van der Waals surface area contributed by atoms with Crippen LogP contribution >= 0.6 is 0 Å². The van der Waals surface area contributed by atoms with Crippen LogP contribution in [0.3, 0.4) is 0 Å². The van der Waals surface area contributed by atoms with E-state index in [2.05, 4.69) is 4.98 Å². The summed E-state index contributed by atoms with van der Waals surface area (Å²) in [5.74, 6) is 0.885. The molecule has 2 heterocycles. The van der Waals surface area contributed by atoms with E-state index in [-0.39, 0.29) is 5.91 Å². The van der Waals surface area contributed by atoms with Gasteiger partial charge in [-0.25, -0.2) is 4.98 Å². The topological polar surface area (TPSA) is 45.7 Å². The third-order valence-electron chi connectivity index (χ3n) is 4.55. The minimum atomic E-state index is -4.40.